The third-order valence-electron chi connectivity index (χ3n) is 4.29. The Morgan fingerprint density at radius 2 is 2.04 bits per heavy atom. The number of amides is 1. The number of hydrogen-bond donors (Lipinski definition) is 1. The number of carbonyl (C=O) groups excluding carboxylic acids is 1. The maximum absolute atomic E-state index is 12.5. The van der Waals surface area contributed by atoms with Gasteiger partial charge in [0.05, 0.1) is 17.4 Å². The number of para-hydroxylation sites is 2. The number of imidazole rings is 1. The Bertz CT molecular complexity index is 1020. The molecule has 0 aliphatic carbocycles. The van der Waals surface area contributed by atoms with E-state index in [1.165, 1.54) is 0 Å². The Labute approximate surface area is 150 Å². The number of hydrogen-bond acceptors (Lipinski definition) is 4. The van der Waals surface area contributed by atoms with E-state index >= 15 is 0 Å². The fourth-order valence-electron chi connectivity index (χ4n) is 2.81. The molecule has 1 amide bonds. The number of fused-ring (bicyclic) bond motifs is 1. The molecule has 0 radical (unpaired) electrons. The molecule has 26 heavy (non-hydrogen) atoms. The van der Waals surface area contributed by atoms with Crippen LogP contribution in [0.3, 0.4) is 0 Å². The molecule has 4 rings (SSSR count). The molecule has 7 nitrogen and oxygen atoms in total. The smallest absolute Gasteiger partial charge is 0.243 e. The first kappa shape index (κ1) is 16.0. The molecule has 4 aromatic rings. The number of nitrogens with zero attached hydrogens (tertiary/aromatic N) is 5. The fourth-order valence-corrected chi connectivity index (χ4v) is 2.81. The van der Waals surface area contributed by atoms with Crippen LogP contribution in [0.25, 0.3) is 16.9 Å². The second-order valence-corrected chi connectivity index (χ2v) is 6.01. The third kappa shape index (κ3) is 3.06. The van der Waals surface area contributed by atoms with Gasteiger partial charge in [-0.05, 0) is 36.8 Å². The van der Waals surface area contributed by atoms with Gasteiger partial charge in [0.25, 0.3) is 0 Å². The molecule has 1 aromatic carbocycles. The number of rotatable bonds is 5. The van der Waals surface area contributed by atoms with Crippen molar-refractivity contribution in [1.29, 1.82) is 0 Å². The van der Waals surface area contributed by atoms with Crippen LogP contribution in [0.2, 0.25) is 0 Å². The Morgan fingerprint density at radius 1 is 1.15 bits per heavy atom. The van der Waals surface area contributed by atoms with Crippen molar-refractivity contribution in [3.05, 3.63) is 72.9 Å². The van der Waals surface area contributed by atoms with E-state index in [4.69, 9.17) is 0 Å². The topological polar surface area (TPSA) is 77.6 Å². The minimum absolute atomic E-state index is 0.0655. The molecule has 1 unspecified atom stereocenters. The molecule has 0 spiro atoms. The molecule has 0 fully saturated rings. The molecular formula is C19H18N6O. The normalized spacial score (nSPS) is 12.2. The SMILES string of the molecule is CC(C(=O)NCc1ccc(-n2cccn2)nc1)n1cnc2ccccc21. The van der Waals surface area contributed by atoms with Crippen LogP contribution < -0.4 is 5.32 Å². The predicted molar refractivity (Wildman–Crippen MR) is 97.6 cm³/mol. The summed E-state index contributed by atoms with van der Waals surface area (Å²) in [6.07, 6.45) is 6.99. The van der Waals surface area contributed by atoms with E-state index in [1.807, 2.05) is 60.2 Å². The quantitative estimate of drug-likeness (QED) is 0.602. The van der Waals surface area contributed by atoms with Crippen LogP contribution >= 0.6 is 0 Å². The van der Waals surface area contributed by atoms with Gasteiger partial charge in [-0.15, -0.1) is 0 Å². The fraction of sp³-hybridized carbons (Fsp3) is 0.158. The summed E-state index contributed by atoms with van der Waals surface area (Å²) < 4.78 is 3.57. The highest BCUT2D eigenvalue weighted by Gasteiger charge is 2.16. The lowest BCUT2D eigenvalue weighted by Gasteiger charge is -2.14. The van der Waals surface area contributed by atoms with Crippen molar-refractivity contribution in [3.8, 4) is 5.82 Å². The van der Waals surface area contributed by atoms with E-state index in [1.54, 1.807) is 23.4 Å². The third-order valence-corrected chi connectivity index (χ3v) is 4.29. The Hall–Kier alpha value is -3.48. The predicted octanol–water partition coefficient (Wildman–Crippen LogP) is 2.49. The van der Waals surface area contributed by atoms with Gasteiger partial charge in [-0.2, -0.15) is 5.10 Å². The minimum Gasteiger partial charge on any atom is -0.350 e. The zero-order chi connectivity index (χ0) is 17.9. The summed E-state index contributed by atoms with van der Waals surface area (Å²) in [4.78, 5) is 21.2. The molecule has 1 N–H and O–H groups in total. The molecule has 1 atom stereocenters. The van der Waals surface area contributed by atoms with Crippen LogP contribution in [0.15, 0.2) is 67.4 Å². The van der Waals surface area contributed by atoms with Gasteiger partial charge in [0.15, 0.2) is 5.82 Å². The van der Waals surface area contributed by atoms with Crippen LogP contribution in [0.4, 0.5) is 0 Å². The van der Waals surface area contributed by atoms with Crippen LogP contribution in [0.5, 0.6) is 0 Å². The van der Waals surface area contributed by atoms with Crippen LogP contribution in [-0.4, -0.2) is 30.2 Å². The number of aromatic nitrogens is 5. The van der Waals surface area contributed by atoms with Crippen molar-refractivity contribution in [3.63, 3.8) is 0 Å². The van der Waals surface area contributed by atoms with Crippen molar-refractivity contribution < 1.29 is 4.79 Å². The molecule has 0 saturated heterocycles. The lowest BCUT2D eigenvalue weighted by atomic mass is 10.2. The Kier molecular flexibility index (Phi) is 4.18. The van der Waals surface area contributed by atoms with Crippen LogP contribution in [0.1, 0.15) is 18.5 Å². The summed E-state index contributed by atoms with van der Waals surface area (Å²) in [5.74, 6) is 0.674. The van der Waals surface area contributed by atoms with Crippen LogP contribution in [0, 0.1) is 0 Å². The van der Waals surface area contributed by atoms with E-state index in [0.29, 0.717) is 6.54 Å². The monoisotopic (exact) mass is 346 g/mol. The van der Waals surface area contributed by atoms with Crippen molar-refractivity contribution in [2.75, 3.05) is 0 Å². The summed E-state index contributed by atoms with van der Waals surface area (Å²) in [6.45, 7) is 2.28. The molecule has 3 heterocycles. The molecule has 0 aliphatic rings. The lowest BCUT2D eigenvalue weighted by Crippen LogP contribution is -2.30. The van der Waals surface area contributed by atoms with Gasteiger partial charge in [-0.3, -0.25) is 4.79 Å². The zero-order valence-corrected chi connectivity index (χ0v) is 14.3. The van der Waals surface area contributed by atoms with E-state index in [2.05, 4.69) is 20.4 Å². The molecule has 7 heteroatoms. The van der Waals surface area contributed by atoms with Crippen molar-refractivity contribution >= 4 is 16.9 Å². The van der Waals surface area contributed by atoms with Gasteiger partial charge in [-0.1, -0.05) is 18.2 Å². The van der Waals surface area contributed by atoms with Gasteiger partial charge in [-0.25, -0.2) is 14.6 Å². The average Bonchev–Trinajstić information content (AvgIpc) is 3.36. The first-order valence-electron chi connectivity index (χ1n) is 8.36. The minimum atomic E-state index is -0.348. The molecular weight excluding hydrogens is 328 g/mol. The second-order valence-electron chi connectivity index (χ2n) is 6.01. The van der Waals surface area contributed by atoms with E-state index in [0.717, 1.165) is 22.4 Å². The number of carbonyl (C=O) groups is 1. The van der Waals surface area contributed by atoms with Gasteiger partial charge in [0.2, 0.25) is 5.91 Å². The Balaban J connectivity index is 1.42. The number of nitrogens with one attached hydrogen (secondary N) is 1. The summed E-state index contributed by atoms with van der Waals surface area (Å²) in [6, 6.07) is 13.1. The molecule has 3 aromatic heterocycles. The molecule has 130 valence electrons. The summed E-state index contributed by atoms with van der Waals surface area (Å²) in [7, 11) is 0. The highest BCUT2D eigenvalue weighted by molar-refractivity contribution is 5.83. The first-order valence-corrected chi connectivity index (χ1v) is 8.36. The number of pyridine rings is 1. The van der Waals surface area contributed by atoms with Gasteiger partial charge < -0.3 is 9.88 Å². The average molecular weight is 346 g/mol. The first-order chi connectivity index (χ1) is 12.7. The highest BCUT2D eigenvalue weighted by Crippen LogP contribution is 2.17. The summed E-state index contributed by atoms with van der Waals surface area (Å²) >= 11 is 0. The van der Waals surface area contributed by atoms with Gasteiger partial charge >= 0.3 is 0 Å². The van der Waals surface area contributed by atoms with Crippen molar-refractivity contribution in [1.82, 2.24) is 29.6 Å². The second kappa shape index (κ2) is 6.79. The highest BCUT2D eigenvalue weighted by atomic mass is 16.2. The van der Waals surface area contributed by atoms with E-state index in [-0.39, 0.29) is 11.9 Å². The molecule has 0 saturated carbocycles. The lowest BCUT2D eigenvalue weighted by molar-refractivity contribution is -0.123. The van der Waals surface area contributed by atoms with Crippen molar-refractivity contribution in [2.45, 2.75) is 19.5 Å². The van der Waals surface area contributed by atoms with E-state index < -0.39 is 0 Å². The largest absolute Gasteiger partial charge is 0.350 e. The molecule has 0 bridgehead atoms. The van der Waals surface area contributed by atoms with Gasteiger partial charge in [0.1, 0.15) is 6.04 Å². The summed E-state index contributed by atoms with van der Waals surface area (Å²) in [5.41, 5.74) is 2.75. The van der Waals surface area contributed by atoms with Crippen LogP contribution in [-0.2, 0) is 11.3 Å². The number of benzene rings is 1. The zero-order valence-electron chi connectivity index (χ0n) is 14.3. The molecule has 0 aliphatic heterocycles. The maximum Gasteiger partial charge on any atom is 0.243 e. The van der Waals surface area contributed by atoms with Crippen molar-refractivity contribution in [2.24, 2.45) is 0 Å². The van der Waals surface area contributed by atoms with E-state index in [9.17, 15) is 4.79 Å². The summed E-state index contributed by atoms with van der Waals surface area (Å²) in [5, 5.41) is 7.10. The maximum atomic E-state index is 12.5. The standard InChI is InChI=1S/C19H18N6O/c1-14(24-13-22-16-5-2-3-6-17(16)24)19(26)21-12-15-7-8-18(20-11-15)25-10-4-9-23-25/h2-11,13-14H,12H2,1H3,(H,21,26). The Morgan fingerprint density at radius 3 is 2.81 bits per heavy atom. The van der Waals surface area contributed by atoms with Gasteiger partial charge in [0, 0.05) is 25.1 Å².